The predicted octanol–water partition coefficient (Wildman–Crippen LogP) is 3.02. The van der Waals surface area contributed by atoms with Crippen molar-refractivity contribution in [2.24, 2.45) is 0 Å². The number of rotatable bonds is 1. The van der Waals surface area contributed by atoms with E-state index in [1.165, 1.54) is 0 Å². The molecule has 0 amide bonds. The first kappa shape index (κ1) is 11.2. The molecule has 0 bridgehead atoms. The maximum absolute atomic E-state index is 12.6. The van der Waals surface area contributed by atoms with E-state index in [1.54, 1.807) is 0 Å². The quantitative estimate of drug-likeness (QED) is 0.582. The summed E-state index contributed by atoms with van der Waals surface area (Å²) in [7, 11) is 0. The van der Waals surface area contributed by atoms with Gasteiger partial charge in [-0.25, -0.2) is 0 Å². The number of nitrogens with zero attached hydrogens (tertiary/aromatic N) is 1. The summed E-state index contributed by atoms with van der Waals surface area (Å²) in [5.41, 5.74) is 0. The van der Waals surface area contributed by atoms with Gasteiger partial charge >= 0.3 is 6.36 Å². The second kappa shape index (κ2) is 3.68. The van der Waals surface area contributed by atoms with Crippen LogP contribution in [0.3, 0.4) is 0 Å². The van der Waals surface area contributed by atoms with Gasteiger partial charge in [-0.15, -0.1) is 13.2 Å². The average molecular weight is 278 g/mol. The number of aromatic nitrogens is 1. The fourth-order valence-electron chi connectivity index (χ4n) is 0.625. The Morgan fingerprint density at radius 1 is 1.21 bits per heavy atom. The van der Waals surface area contributed by atoms with E-state index in [0.29, 0.717) is 6.07 Å². The van der Waals surface area contributed by atoms with E-state index < -0.39 is 28.5 Å². The van der Waals surface area contributed by atoms with Crippen LogP contribution in [0, 0.1) is 11.9 Å². The molecule has 1 rings (SSSR count). The van der Waals surface area contributed by atoms with Gasteiger partial charge in [-0.2, -0.15) is 13.8 Å². The van der Waals surface area contributed by atoms with Crippen LogP contribution in [0.5, 0.6) is 5.75 Å². The SMILES string of the molecule is Fc1nc(F)c(OC(F)(F)F)cc1Br. The van der Waals surface area contributed by atoms with E-state index in [0.717, 1.165) is 0 Å². The molecular formula is C6HBrF5NO. The Morgan fingerprint density at radius 2 is 1.79 bits per heavy atom. The zero-order chi connectivity index (χ0) is 10.9. The highest BCUT2D eigenvalue weighted by atomic mass is 79.9. The Labute approximate surface area is 82.8 Å². The number of alkyl halides is 3. The lowest BCUT2D eigenvalue weighted by Crippen LogP contribution is -2.18. The van der Waals surface area contributed by atoms with Crippen LogP contribution in [0.25, 0.3) is 0 Å². The van der Waals surface area contributed by atoms with E-state index in [-0.39, 0.29) is 0 Å². The number of halogens is 6. The lowest BCUT2D eigenvalue weighted by atomic mass is 10.4. The van der Waals surface area contributed by atoms with Crippen molar-refractivity contribution in [3.05, 3.63) is 22.4 Å². The van der Waals surface area contributed by atoms with Gasteiger partial charge in [-0.3, -0.25) is 0 Å². The van der Waals surface area contributed by atoms with Gasteiger partial charge in [0.2, 0.25) is 5.95 Å². The molecule has 2 nitrogen and oxygen atoms in total. The van der Waals surface area contributed by atoms with Crippen molar-refractivity contribution in [1.82, 2.24) is 4.98 Å². The lowest BCUT2D eigenvalue weighted by molar-refractivity contribution is -0.275. The molecule has 78 valence electrons. The first-order valence-corrected chi connectivity index (χ1v) is 3.86. The molecular weight excluding hydrogens is 277 g/mol. The van der Waals surface area contributed by atoms with Crippen molar-refractivity contribution < 1.29 is 26.7 Å². The summed E-state index contributed by atoms with van der Waals surface area (Å²) in [6, 6.07) is 0.505. The van der Waals surface area contributed by atoms with Gasteiger partial charge in [0.25, 0.3) is 5.95 Å². The zero-order valence-electron chi connectivity index (χ0n) is 6.20. The molecule has 0 aliphatic heterocycles. The average Bonchev–Trinajstić information content (AvgIpc) is 1.97. The highest BCUT2D eigenvalue weighted by Gasteiger charge is 2.33. The summed E-state index contributed by atoms with van der Waals surface area (Å²) in [6.07, 6.45) is -5.04. The predicted molar refractivity (Wildman–Crippen MR) is 38.5 cm³/mol. The lowest BCUT2D eigenvalue weighted by Gasteiger charge is -2.09. The van der Waals surface area contributed by atoms with E-state index in [1.807, 2.05) is 0 Å². The van der Waals surface area contributed by atoms with Crippen LogP contribution in [0.4, 0.5) is 22.0 Å². The summed E-state index contributed by atoms with van der Waals surface area (Å²) >= 11 is 2.54. The number of pyridine rings is 1. The number of hydrogen-bond acceptors (Lipinski definition) is 2. The van der Waals surface area contributed by atoms with E-state index in [4.69, 9.17) is 0 Å². The molecule has 0 radical (unpaired) electrons. The number of hydrogen-bond donors (Lipinski definition) is 0. The van der Waals surface area contributed by atoms with Gasteiger partial charge < -0.3 is 4.74 Å². The normalized spacial score (nSPS) is 11.6. The topological polar surface area (TPSA) is 22.1 Å². The molecule has 0 atom stereocenters. The van der Waals surface area contributed by atoms with Gasteiger partial charge in [0.1, 0.15) is 0 Å². The molecule has 1 heterocycles. The molecule has 0 aliphatic rings. The van der Waals surface area contributed by atoms with Crippen molar-refractivity contribution in [3.8, 4) is 5.75 Å². The minimum absolute atomic E-state index is 0.418. The second-order valence-corrected chi connectivity index (χ2v) is 2.95. The highest BCUT2D eigenvalue weighted by Crippen LogP contribution is 2.28. The fraction of sp³-hybridized carbons (Fsp3) is 0.167. The number of ether oxygens (including phenoxy) is 1. The van der Waals surface area contributed by atoms with Crippen molar-refractivity contribution >= 4 is 15.9 Å². The molecule has 1 aromatic heterocycles. The zero-order valence-corrected chi connectivity index (χ0v) is 7.79. The van der Waals surface area contributed by atoms with Gasteiger partial charge in [-0.1, -0.05) is 0 Å². The monoisotopic (exact) mass is 277 g/mol. The van der Waals surface area contributed by atoms with Crippen molar-refractivity contribution in [2.75, 3.05) is 0 Å². The van der Waals surface area contributed by atoms with E-state index in [9.17, 15) is 22.0 Å². The fourth-order valence-corrected chi connectivity index (χ4v) is 0.922. The van der Waals surface area contributed by atoms with Gasteiger partial charge in [0.15, 0.2) is 5.75 Å². The molecule has 0 saturated carbocycles. The summed E-state index contributed by atoms with van der Waals surface area (Å²) in [4.78, 5) is 2.55. The Kier molecular flexibility index (Phi) is 2.93. The van der Waals surface area contributed by atoms with E-state index >= 15 is 0 Å². The molecule has 0 N–H and O–H groups in total. The third-order valence-electron chi connectivity index (χ3n) is 1.08. The van der Waals surface area contributed by atoms with Crippen molar-refractivity contribution in [3.63, 3.8) is 0 Å². The van der Waals surface area contributed by atoms with E-state index in [2.05, 4.69) is 25.7 Å². The Balaban J connectivity index is 3.04. The molecule has 14 heavy (non-hydrogen) atoms. The molecule has 0 aromatic carbocycles. The molecule has 8 heteroatoms. The summed E-state index contributed by atoms with van der Waals surface area (Å²) < 4.78 is 62.7. The van der Waals surface area contributed by atoms with Crippen LogP contribution in [0.1, 0.15) is 0 Å². The molecule has 0 spiro atoms. The summed E-state index contributed by atoms with van der Waals surface area (Å²) in [5, 5.41) is 0. The largest absolute Gasteiger partial charge is 0.573 e. The molecule has 0 saturated heterocycles. The van der Waals surface area contributed by atoms with Crippen LogP contribution in [0.2, 0.25) is 0 Å². The minimum Gasteiger partial charge on any atom is -0.401 e. The van der Waals surface area contributed by atoms with Crippen LogP contribution < -0.4 is 4.74 Å². The van der Waals surface area contributed by atoms with Crippen LogP contribution in [-0.4, -0.2) is 11.3 Å². The maximum Gasteiger partial charge on any atom is 0.573 e. The third-order valence-corrected chi connectivity index (χ3v) is 1.64. The van der Waals surface area contributed by atoms with Crippen LogP contribution in [-0.2, 0) is 0 Å². The van der Waals surface area contributed by atoms with Gasteiger partial charge in [0, 0.05) is 6.07 Å². The summed E-state index contributed by atoms with van der Waals surface area (Å²) in [6.45, 7) is 0. The van der Waals surface area contributed by atoms with Crippen molar-refractivity contribution in [2.45, 2.75) is 6.36 Å². The standard InChI is InChI=1S/C6HBrF5NO/c7-2-1-3(14-6(10,11)12)5(9)13-4(2)8/h1H. The maximum atomic E-state index is 12.6. The second-order valence-electron chi connectivity index (χ2n) is 2.10. The highest BCUT2D eigenvalue weighted by molar-refractivity contribution is 9.10. The van der Waals surface area contributed by atoms with Crippen LogP contribution >= 0.6 is 15.9 Å². The van der Waals surface area contributed by atoms with Gasteiger partial charge in [-0.05, 0) is 15.9 Å². The Morgan fingerprint density at radius 3 is 2.29 bits per heavy atom. The third kappa shape index (κ3) is 2.79. The smallest absolute Gasteiger partial charge is 0.401 e. The molecule has 1 aromatic rings. The Hall–Kier alpha value is -0.920. The molecule has 0 aliphatic carbocycles. The molecule has 0 unspecified atom stereocenters. The molecule has 0 fully saturated rings. The first-order valence-electron chi connectivity index (χ1n) is 3.07. The first-order chi connectivity index (χ1) is 6.29. The van der Waals surface area contributed by atoms with Gasteiger partial charge in [0.05, 0.1) is 4.47 Å². The van der Waals surface area contributed by atoms with Crippen molar-refractivity contribution in [1.29, 1.82) is 0 Å². The van der Waals surface area contributed by atoms with Crippen LogP contribution in [0.15, 0.2) is 10.5 Å². The minimum atomic E-state index is -5.04. The summed E-state index contributed by atoms with van der Waals surface area (Å²) in [5.74, 6) is -4.11. The Bertz CT molecular complexity index is 353.